The second-order valence-electron chi connectivity index (χ2n) is 10.1. The van der Waals surface area contributed by atoms with Crippen LogP contribution in [0.15, 0.2) is 41.3 Å². The number of aryl methyl sites for hydroxylation is 1. The molecule has 5 rings (SSSR count). The second kappa shape index (κ2) is 11.3. The van der Waals surface area contributed by atoms with Gasteiger partial charge in [0, 0.05) is 22.2 Å². The summed E-state index contributed by atoms with van der Waals surface area (Å²) in [5, 5.41) is 10.8. The molecule has 0 bridgehead atoms. The maximum Gasteiger partial charge on any atom is 0.289 e. The van der Waals surface area contributed by atoms with Crippen molar-refractivity contribution < 1.29 is 18.6 Å². The first-order chi connectivity index (χ1) is 19.1. The molecule has 0 saturated heterocycles. The number of methoxy groups -OCH3 is 1. The standard InChI is InChI=1S/C30H30ClF2N3O3S/c1-5-15(2)24-21(10-11-23(31)26(24)37)25-16(3)35-28(20-9-8-18(39-4)12-22(20)17-6-7-17)36(30(25)38)14-19-13-34-29(40-19)27(32)33/h8-13,15,17,27,37H,5-7,14H2,1-4H3. The molecule has 1 aliphatic carbocycles. The van der Waals surface area contributed by atoms with Crippen LogP contribution in [0.3, 0.4) is 0 Å². The molecule has 6 nitrogen and oxygen atoms in total. The lowest BCUT2D eigenvalue weighted by Crippen LogP contribution is -2.27. The summed E-state index contributed by atoms with van der Waals surface area (Å²) in [7, 11) is 1.61. The van der Waals surface area contributed by atoms with Crippen LogP contribution in [0.1, 0.15) is 78.1 Å². The lowest BCUT2D eigenvalue weighted by molar-refractivity contribution is 0.151. The van der Waals surface area contributed by atoms with Crippen molar-refractivity contribution in [3.05, 3.63) is 78.6 Å². The minimum atomic E-state index is -2.69. The van der Waals surface area contributed by atoms with Gasteiger partial charge >= 0.3 is 0 Å². The van der Waals surface area contributed by atoms with Crippen molar-refractivity contribution in [2.45, 2.75) is 64.8 Å². The Balaban J connectivity index is 1.78. The smallest absolute Gasteiger partial charge is 0.289 e. The summed E-state index contributed by atoms with van der Waals surface area (Å²) in [6.07, 6.45) is 1.45. The molecular formula is C30H30ClF2N3O3S. The van der Waals surface area contributed by atoms with Gasteiger partial charge in [0.25, 0.3) is 12.0 Å². The number of aromatic hydroxyl groups is 1. The number of aromatic nitrogens is 3. The maximum absolute atomic E-state index is 14.4. The first kappa shape index (κ1) is 28.2. The highest BCUT2D eigenvalue weighted by atomic mass is 35.5. The molecule has 0 spiro atoms. The molecule has 1 unspecified atom stereocenters. The number of benzene rings is 2. The van der Waals surface area contributed by atoms with E-state index in [1.165, 1.54) is 10.8 Å². The molecular weight excluding hydrogens is 556 g/mol. The van der Waals surface area contributed by atoms with Gasteiger partial charge in [-0.2, -0.15) is 0 Å². The Morgan fingerprint density at radius 2 is 1.95 bits per heavy atom. The molecule has 2 aromatic heterocycles. The third kappa shape index (κ3) is 5.24. The number of alkyl halides is 2. The molecule has 1 N–H and O–H groups in total. The molecule has 1 fully saturated rings. The van der Waals surface area contributed by atoms with Gasteiger partial charge in [0.1, 0.15) is 17.3 Å². The zero-order chi connectivity index (χ0) is 28.7. The average molecular weight is 586 g/mol. The van der Waals surface area contributed by atoms with E-state index in [-0.39, 0.29) is 33.8 Å². The summed E-state index contributed by atoms with van der Waals surface area (Å²) in [5.74, 6) is 1.35. The number of nitrogens with zero attached hydrogens (tertiary/aromatic N) is 3. The summed E-state index contributed by atoms with van der Waals surface area (Å²) < 4.78 is 33.7. The van der Waals surface area contributed by atoms with Gasteiger partial charge in [-0.05, 0) is 73.4 Å². The van der Waals surface area contributed by atoms with Crippen molar-refractivity contribution in [1.82, 2.24) is 14.5 Å². The van der Waals surface area contributed by atoms with Crippen LogP contribution in [0.5, 0.6) is 11.5 Å². The van der Waals surface area contributed by atoms with Crippen LogP contribution in [0.4, 0.5) is 8.78 Å². The average Bonchev–Trinajstić information content (AvgIpc) is 3.68. The molecule has 40 heavy (non-hydrogen) atoms. The van der Waals surface area contributed by atoms with Crippen molar-refractivity contribution in [1.29, 1.82) is 0 Å². The molecule has 0 radical (unpaired) electrons. The Hall–Kier alpha value is -3.30. The summed E-state index contributed by atoms with van der Waals surface area (Å²) >= 11 is 7.15. The molecule has 10 heteroatoms. The van der Waals surface area contributed by atoms with Crippen LogP contribution in [0.2, 0.25) is 5.02 Å². The van der Waals surface area contributed by atoms with Gasteiger partial charge in [-0.3, -0.25) is 9.36 Å². The van der Waals surface area contributed by atoms with Crippen molar-refractivity contribution >= 4 is 22.9 Å². The summed E-state index contributed by atoms with van der Waals surface area (Å²) in [5.41, 5.74) is 3.48. The largest absolute Gasteiger partial charge is 0.506 e. The van der Waals surface area contributed by atoms with Crippen LogP contribution in [0.25, 0.3) is 22.5 Å². The molecule has 2 heterocycles. The van der Waals surface area contributed by atoms with Gasteiger partial charge in [-0.25, -0.2) is 18.7 Å². The highest BCUT2D eigenvalue weighted by molar-refractivity contribution is 7.11. The van der Waals surface area contributed by atoms with E-state index in [0.29, 0.717) is 51.2 Å². The fourth-order valence-electron chi connectivity index (χ4n) is 5.08. The number of ether oxygens (including phenoxy) is 1. The molecule has 1 aliphatic rings. The van der Waals surface area contributed by atoms with Crippen molar-refractivity contribution in [2.24, 2.45) is 0 Å². The Morgan fingerprint density at radius 3 is 2.58 bits per heavy atom. The normalized spacial score (nSPS) is 14.1. The first-order valence-electron chi connectivity index (χ1n) is 13.2. The van der Waals surface area contributed by atoms with Gasteiger partial charge in [0.15, 0.2) is 5.01 Å². The van der Waals surface area contributed by atoms with Crippen LogP contribution in [0, 0.1) is 6.92 Å². The minimum absolute atomic E-state index is 0.0210. The molecule has 4 aromatic rings. The molecule has 210 valence electrons. The van der Waals surface area contributed by atoms with Crippen molar-refractivity contribution in [3.63, 3.8) is 0 Å². The Morgan fingerprint density at radius 1 is 1.23 bits per heavy atom. The van der Waals surface area contributed by atoms with E-state index in [1.54, 1.807) is 26.2 Å². The fourth-order valence-corrected chi connectivity index (χ4v) is 6.01. The number of rotatable bonds is 9. The molecule has 0 amide bonds. The van der Waals surface area contributed by atoms with Crippen molar-refractivity contribution in [3.8, 4) is 34.0 Å². The minimum Gasteiger partial charge on any atom is -0.506 e. The van der Waals surface area contributed by atoms with E-state index in [1.807, 2.05) is 32.0 Å². The van der Waals surface area contributed by atoms with Crippen LogP contribution in [-0.4, -0.2) is 26.8 Å². The zero-order valence-electron chi connectivity index (χ0n) is 22.7. The Labute approximate surface area is 240 Å². The number of hydrogen-bond acceptors (Lipinski definition) is 6. The van der Waals surface area contributed by atoms with E-state index in [4.69, 9.17) is 21.3 Å². The number of halogens is 3. The van der Waals surface area contributed by atoms with E-state index in [2.05, 4.69) is 4.98 Å². The van der Waals surface area contributed by atoms with E-state index < -0.39 is 6.43 Å². The lowest BCUT2D eigenvalue weighted by atomic mass is 9.89. The van der Waals surface area contributed by atoms with Gasteiger partial charge in [-0.15, -0.1) is 11.3 Å². The highest BCUT2D eigenvalue weighted by Gasteiger charge is 2.30. The van der Waals surface area contributed by atoms with Crippen LogP contribution in [-0.2, 0) is 6.54 Å². The number of thiazole rings is 1. The summed E-state index contributed by atoms with van der Waals surface area (Å²) in [4.78, 5) is 23.8. The number of phenolic OH excluding ortho intramolecular Hbond substituents is 1. The van der Waals surface area contributed by atoms with Gasteiger partial charge < -0.3 is 9.84 Å². The fraction of sp³-hybridized carbons (Fsp3) is 0.367. The van der Waals surface area contributed by atoms with Gasteiger partial charge in [-0.1, -0.05) is 31.5 Å². The molecule has 0 aliphatic heterocycles. The summed E-state index contributed by atoms with van der Waals surface area (Å²) in [6.45, 7) is 5.76. The number of hydrogen-bond donors (Lipinski definition) is 1. The molecule has 1 atom stereocenters. The summed E-state index contributed by atoms with van der Waals surface area (Å²) in [6, 6.07) is 9.03. The van der Waals surface area contributed by atoms with Crippen LogP contribution < -0.4 is 10.3 Å². The molecule has 2 aromatic carbocycles. The second-order valence-corrected chi connectivity index (χ2v) is 11.7. The van der Waals surface area contributed by atoms with Crippen molar-refractivity contribution in [2.75, 3.05) is 7.11 Å². The van der Waals surface area contributed by atoms with Crippen LogP contribution >= 0.6 is 22.9 Å². The third-order valence-electron chi connectivity index (χ3n) is 7.48. The predicted octanol–water partition coefficient (Wildman–Crippen LogP) is 8.09. The predicted molar refractivity (Wildman–Crippen MR) is 154 cm³/mol. The van der Waals surface area contributed by atoms with Gasteiger partial charge in [0.05, 0.1) is 29.9 Å². The van der Waals surface area contributed by atoms with E-state index >= 15 is 0 Å². The quantitative estimate of drug-likeness (QED) is 0.215. The number of phenols is 1. The third-order valence-corrected chi connectivity index (χ3v) is 8.78. The monoisotopic (exact) mass is 585 g/mol. The van der Waals surface area contributed by atoms with E-state index in [0.717, 1.165) is 35.3 Å². The highest BCUT2D eigenvalue weighted by Crippen LogP contribution is 2.46. The zero-order valence-corrected chi connectivity index (χ0v) is 24.2. The Kier molecular flexibility index (Phi) is 7.97. The lowest BCUT2D eigenvalue weighted by Gasteiger charge is -2.21. The maximum atomic E-state index is 14.4. The molecule has 1 saturated carbocycles. The first-order valence-corrected chi connectivity index (χ1v) is 14.4. The topological polar surface area (TPSA) is 77.2 Å². The Bertz CT molecular complexity index is 1630. The van der Waals surface area contributed by atoms with Gasteiger partial charge in [0.2, 0.25) is 0 Å². The van der Waals surface area contributed by atoms with E-state index in [9.17, 15) is 18.7 Å². The SMILES string of the molecule is CCC(C)c1c(-c2c(C)nc(-c3ccc(OC)cc3C3CC3)n(Cc3cnc(C(F)F)s3)c2=O)ccc(Cl)c1O.